The summed E-state index contributed by atoms with van der Waals surface area (Å²) in [5, 5.41) is 3.49. The summed E-state index contributed by atoms with van der Waals surface area (Å²) in [6.07, 6.45) is 0. The molecule has 0 aliphatic carbocycles. The van der Waals surface area contributed by atoms with Gasteiger partial charge in [-0.05, 0) is 36.3 Å². The lowest BCUT2D eigenvalue weighted by molar-refractivity contribution is 0.173. The zero-order valence-corrected chi connectivity index (χ0v) is 11.0. The zero-order valence-electron chi connectivity index (χ0n) is 11.0. The lowest BCUT2D eigenvalue weighted by Crippen LogP contribution is -2.39. The highest BCUT2D eigenvalue weighted by atomic mass is 16.7. The molecule has 0 bridgehead atoms. The Labute approximate surface area is 108 Å². The average molecular weight is 248 g/mol. The van der Waals surface area contributed by atoms with E-state index < -0.39 is 0 Å². The van der Waals surface area contributed by atoms with Crippen molar-refractivity contribution >= 4 is 0 Å². The molecule has 4 nitrogen and oxygen atoms in total. The van der Waals surface area contributed by atoms with Crippen molar-refractivity contribution in [2.45, 2.75) is 26.4 Å². The van der Waals surface area contributed by atoms with Crippen LogP contribution in [0.3, 0.4) is 0 Å². The maximum atomic E-state index is 5.50. The summed E-state index contributed by atoms with van der Waals surface area (Å²) < 4.78 is 10.9. The first-order chi connectivity index (χ1) is 8.83. The normalized spacial score (nSPS) is 21.2. The summed E-state index contributed by atoms with van der Waals surface area (Å²) in [7, 11) is 0. The van der Waals surface area contributed by atoms with Crippen LogP contribution in [0.5, 0.6) is 11.5 Å². The van der Waals surface area contributed by atoms with Gasteiger partial charge in [0.25, 0.3) is 0 Å². The molecule has 18 heavy (non-hydrogen) atoms. The highest BCUT2D eigenvalue weighted by Crippen LogP contribution is 2.39. The number of rotatable bonds is 3. The molecular weight excluding hydrogens is 228 g/mol. The monoisotopic (exact) mass is 248 g/mol. The van der Waals surface area contributed by atoms with Gasteiger partial charge >= 0.3 is 0 Å². The number of fused-ring (bicyclic) bond motifs is 2. The first kappa shape index (κ1) is 11.8. The first-order valence-corrected chi connectivity index (χ1v) is 6.70. The first-order valence-electron chi connectivity index (χ1n) is 6.70. The molecule has 98 valence electrons. The minimum absolute atomic E-state index is 0.349. The SMILES string of the molecule is CCN(CC)[C@H]1CNCc2cc3c(cc21)OCO3. The molecule has 0 unspecified atom stereocenters. The Morgan fingerprint density at radius 1 is 1.22 bits per heavy atom. The standard InChI is InChI=1S/C14H20N2O2/c1-3-16(4-2)12-8-15-7-10-5-13-14(6-11(10)12)18-9-17-13/h5-6,12,15H,3-4,7-9H2,1-2H3/t12-/m0/s1. The fourth-order valence-electron chi connectivity index (χ4n) is 2.91. The lowest BCUT2D eigenvalue weighted by atomic mass is 9.94. The Morgan fingerprint density at radius 2 is 1.94 bits per heavy atom. The van der Waals surface area contributed by atoms with Gasteiger partial charge in [0.2, 0.25) is 6.79 Å². The molecule has 1 aromatic rings. The van der Waals surface area contributed by atoms with Crippen LogP contribution in [-0.4, -0.2) is 31.3 Å². The van der Waals surface area contributed by atoms with E-state index in [1.54, 1.807) is 0 Å². The highest BCUT2D eigenvalue weighted by molar-refractivity contribution is 5.50. The van der Waals surface area contributed by atoms with Crippen LogP contribution in [0.4, 0.5) is 0 Å². The van der Waals surface area contributed by atoms with Crippen LogP contribution in [0, 0.1) is 0 Å². The fraction of sp³-hybridized carbons (Fsp3) is 0.571. The van der Waals surface area contributed by atoms with Crippen LogP contribution in [0.25, 0.3) is 0 Å². The lowest BCUT2D eigenvalue weighted by Gasteiger charge is -2.35. The molecular formula is C14H20N2O2. The van der Waals surface area contributed by atoms with Crippen molar-refractivity contribution in [1.29, 1.82) is 0 Å². The van der Waals surface area contributed by atoms with E-state index in [4.69, 9.17) is 9.47 Å². The third-order valence-corrected chi connectivity index (χ3v) is 3.90. The Balaban J connectivity index is 1.99. The van der Waals surface area contributed by atoms with Crippen LogP contribution in [-0.2, 0) is 6.54 Å². The summed E-state index contributed by atoms with van der Waals surface area (Å²) >= 11 is 0. The predicted molar refractivity (Wildman–Crippen MR) is 69.9 cm³/mol. The highest BCUT2D eigenvalue weighted by Gasteiger charge is 2.27. The molecule has 1 aromatic carbocycles. The van der Waals surface area contributed by atoms with Crippen LogP contribution in [0.15, 0.2) is 12.1 Å². The van der Waals surface area contributed by atoms with Gasteiger partial charge in [-0.2, -0.15) is 0 Å². The van der Waals surface area contributed by atoms with Gasteiger partial charge < -0.3 is 14.8 Å². The summed E-state index contributed by atoms with van der Waals surface area (Å²) in [6.45, 7) is 8.84. The number of hydrogen-bond donors (Lipinski definition) is 1. The Hall–Kier alpha value is -1.26. The second-order valence-corrected chi connectivity index (χ2v) is 4.77. The minimum atomic E-state index is 0.349. The molecule has 2 aliphatic heterocycles. The number of nitrogens with zero attached hydrogens (tertiary/aromatic N) is 1. The van der Waals surface area contributed by atoms with Gasteiger partial charge in [-0.3, -0.25) is 4.90 Å². The molecule has 3 rings (SSSR count). The molecule has 0 amide bonds. The van der Waals surface area contributed by atoms with Crippen molar-refractivity contribution in [3.8, 4) is 11.5 Å². The molecule has 1 atom stereocenters. The largest absolute Gasteiger partial charge is 0.454 e. The van der Waals surface area contributed by atoms with Crippen LogP contribution >= 0.6 is 0 Å². The van der Waals surface area contributed by atoms with Crippen molar-refractivity contribution < 1.29 is 9.47 Å². The van der Waals surface area contributed by atoms with E-state index in [9.17, 15) is 0 Å². The topological polar surface area (TPSA) is 33.7 Å². The summed E-state index contributed by atoms with van der Waals surface area (Å²) in [5.74, 6) is 1.78. The maximum absolute atomic E-state index is 5.50. The summed E-state index contributed by atoms with van der Waals surface area (Å²) in [5.41, 5.74) is 2.73. The van der Waals surface area contributed by atoms with E-state index in [1.165, 1.54) is 11.1 Å². The Bertz CT molecular complexity index is 444. The summed E-state index contributed by atoms with van der Waals surface area (Å²) in [4.78, 5) is 2.48. The van der Waals surface area contributed by atoms with Gasteiger partial charge in [0.15, 0.2) is 11.5 Å². The predicted octanol–water partition coefficient (Wildman–Crippen LogP) is 1.90. The van der Waals surface area contributed by atoms with Crippen molar-refractivity contribution in [1.82, 2.24) is 10.2 Å². The third kappa shape index (κ3) is 1.85. The van der Waals surface area contributed by atoms with Crippen LogP contribution in [0.1, 0.15) is 31.0 Å². The van der Waals surface area contributed by atoms with Crippen molar-refractivity contribution in [3.63, 3.8) is 0 Å². The minimum Gasteiger partial charge on any atom is -0.454 e. The molecule has 0 saturated carbocycles. The fourth-order valence-corrected chi connectivity index (χ4v) is 2.91. The number of nitrogens with one attached hydrogen (secondary N) is 1. The van der Waals surface area contributed by atoms with E-state index in [1.807, 2.05) is 0 Å². The number of hydrogen-bond acceptors (Lipinski definition) is 4. The van der Waals surface area contributed by atoms with Gasteiger partial charge in [0.05, 0.1) is 0 Å². The van der Waals surface area contributed by atoms with Crippen molar-refractivity contribution in [2.75, 3.05) is 26.4 Å². The molecule has 1 N–H and O–H groups in total. The molecule has 0 fully saturated rings. The second-order valence-electron chi connectivity index (χ2n) is 4.77. The van der Waals surface area contributed by atoms with Gasteiger partial charge in [-0.1, -0.05) is 13.8 Å². The van der Waals surface area contributed by atoms with Crippen LogP contribution < -0.4 is 14.8 Å². The second kappa shape index (κ2) is 4.78. The molecule has 2 aliphatic rings. The third-order valence-electron chi connectivity index (χ3n) is 3.90. The van der Waals surface area contributed by atoms with E-state index in [-0.39, 0.29) is 0 Å². The Morgan fingerprint density at radius 3 is 2.67 bits per heavy atom. The molecule has 2 heterocycles. The molecule has 4 heteroatoms. The number of ether oxygens (including phenoxy) is 2. The van der Waals surface area contributed by atoms with E-state index >= 15 is 0 Å². The van der Waals surface area contributed by atoms with Gasteiger partial charge in [-0.25, -0.2) is 0 Å². The van der Waals surface area contributed by atoms with E-state index in [2.05, 4.69) is 36.2 Å². The van der Waals surface area contributed by atoms with Gasteiger partial charge in [-0.15, -0.1) is 0 Å². The van der Waals surface area contributed by atoms with Crippen molar-refractivity contribution in [2.24, 2.45) is 0 Å². The van der Waals surface area contributed by atoms with Crippen molar-refractivity contribution in [3.05, 3.63) is 23.3 Å². The van der Waals surface area contributed by atoms with E-state index in [0.717, 1.165) is 37.7 Å². The quantitative estimate of drug-likeness (QED) is 0.886. The molecule has 0 spiro atoms. The molecule has 0 aromatic heterocycles. The smallest absolute Gasteiger partial charge is 0.231 e. The zero-order chi connectivity index (χ0) is 12.5. The maximum Gasteiger partial charge on any atom is 0.231 e. The van der Waals surface area contributed by atoms with Crippen LogP contribution in [0.2, 0.25) is 0 Å². The van der Waals surface area contributed by atoms with Gasteiger partial charge in [0, 0.05) is 19.1 Å². The molecule has 0 radical (unpaired) electrons. The summed E-state index contributed by atoms with van der Waals surface area (Å²) in [6, 6.07) is 4.74. The Kier molecular flexibility index (Phi) is 3.14. The number of benzene rings is 1. The molecule has 0 saturated heterocycles. The number of likely N-dealkylation sites (N-methyl/N-ethyl adjacent to an activating group) is 1. The van der Waals surface area contributed by atoms with Gasteiger partial charge in [0.1, 0.15) is 0 Å². The van der Waals surface area contributed by atoms with E-state index in [0.29, 0.717) is 12.8 Å². The average Bonchev–Trinajstić information content (AvgIpc) is 2.85.